The lowest BCUT2D eigenvalue weighted by Gasteiger charge is -2.33. The number of nitriles is 1. The number of nitrogens with zero attached hydrogens (tertiary/aromatic N) is 5. The SMILES string of the molecule is CC(C)(C)[C@@H]1CCc2c(sc3ncn4nc(CC#N)nc4c23)C1. The smallest absolute Gasteiger partial charge is 0.168 e. The van der Waals surface area contributed by atoms with E-state index in [1.54, 1.807) is 22.2 Å². The molecule has 5 nitrogen and oxygen atoms in total. The fourth-order valence-electron chi connectivity index (χ4n) is 3.50. The van der Waals surface area contributed by atoms with Crippen LogP contribution in [0.4, 0.5) is 0 Å². The fraction of sp³-hybridized carbons (Fsp3) is 0.529. The molecule has 1 aliphatic rings. The quantitative estimate of drug-likeness (QED) is 0.686. The van der Waals surface area contributed by atoms with Gasteiger partial charge in [-0.15, -0.1) is 16.4 Å². The lowest BCUT2D eigenvalue weighted by molar-refractivity contribution is 0.218. The van der Waals surface area contributed by atoms with Crippen molar-refractivity contribution in [1.29, 1.82) is 5.26 Å². The van der Waals surface area contributed by atoms with Crippen molar-refractivity contribution in [3.63, 3.8) is 0 Å². The molecular formula is C17H19N5S. The van der Waals surface area contributed by atoms with Crippen LogP contribution in [0.3, 0.4) is 0 Å². The van der Waals surface area contributed by atoms with Crippen LogP contribution in [0, 0.1) is 22.7 Å². The second-order valence-corrected chi connectivity index (χ2v) is 8.45. The molecule has 0 N–H and O–H groups in total. The van der Waals surface area contributed by atoms with Gasteiger partial charge in [-0.25, -0.2) is 14.5 Å². The molecular weight excluding hydrogens is 306 g/mol. The third-order valence-corrected chi connectivity index (χ3v) is 6.05. The molecule has 6 heteroatoms. The summed E-state index contributed by atoms with van der Waals surface area (Å²) < 4.78 is 1.72. The van der Waals surface area contributed by atoms with Crippen LogP contribution in [0.2, 0.25) is 0 Å². The zero-order valence-electron chi connectivity index (χ0n) is 13.6. The van der Waals surface area contributed by atoms with Crippen LogP contribution in [-0.4, -0.2) is 19.6 Å². The van der Waals surface area contributed by atoms with E-state index in [0.29, 0.717) is 17.2 Å². The molecule has 0 aromatic carbocycles. The van der Waals surface area contributed by atoms with E-state index in [2.05, 4.69) is 41.9 Å². The van der Waals surface area contributed by atoms with Gasteiger partial charge in [0.2, 0.25) is 0 Å². The number of rotatable bonds is 1. The molecule has 0 saturated carbocycles. The summed E-state index contributed by atoms with van der Waals surface area (Å²) >= 11 is 1.80. The number of hydrogen-bond acceptors (Lipinski definition) is 5. The second kappa shape index (κ2) is 5.00. The first kappa shape index (κ1) is 14.6. The Morgan fingerprint density at radius 3 is 3.00 bits per heavy atom. The van der Waals surface area contributed by atoms with Crippen molar-refractivity contribution in [3.05, 3.63) is 22.6 Å². The predicted octanol–water partition coefficient (Wildman–Crippen LogP) is 3.56. The molecule has 0 saturated heterocycles. The molecule has 0 unspecified atom stereocenters. The van der Waals surface area contributed by atoms with Gasteiger partial charge in [0.25, 0.3) is 0 Å². The Morgan fingerprint density at radius 1 is 1.43 bits per heavy atom. The second-order valence-electron chi connectivity index (χ2n) is 7.37. The summed E-state index contributed by atoms with van der Waals surface area (Å²) in [6.07, 6.45) is 5.38. The summed E-state index contributed by atoms with van der Waals surface area (Å²) in [6.45, 7) is 7.00. The average molecular weight is 325 g/mol. The molecule has 0 bridgehead atoms. The highest BCUT2D eigenvalue weighted by molar-refractivity contribution is 7.19. The molecule has 0 fully saturated rings. The summed E-state index contributed by atoms with van der Waals surface area (Å²) in [6, 6.07) is 2.12. The molecule has 0 radical (unpaired) electrons. The average Bonchev–Trinajstić information content (AvgIpc) is 3.05. The summed E-state index contributed by atoms with van der Waals surface area (Å²) in [4.78, 5) is 11.7. The van der Waals surface area contributed by atoms with E-state index in [4.69, 9.17) is 5.26 Å². The van der Waals surface area contributed by atoms with E-state index < -0.39 is 0 Å². The van der Waals surface area contributed by atoms with E-state index in [9.17, 15) is 0 Å². The predicted molar refractivity (Wildman–Crippen MR) is 90.5 cm³/mol. The van der Waals surface area contributed by atoms with Crippen molar-refractivity contribution in [1.82, 2.24) is 19.6 Å². The van der Waals surface area contributed by atoms with Crippen LogP contribution < -0.4 is 0 Å². The van der Waals surface area contributed by atoms with Gasteiger partial charge in [0, 0.05) is 4.88 Å². The van der Waals surface area contributed by atoms with Crippen molar-refractivity contribution >= 4 is 27.2 Å². The number of aryl methyl sites for hydroxylation is 1. The molecule has 0 aliphatic heterocycles. The maximum atomic E-state index is 8.86. The van der Waals surface area contributed by atoms with Gasteiger partial charge in [0.1, 0.15) is 11.2 Å². The third kappa shape index (κ3) is 2.31. The highest BCUT2D eigenvalue weighted by Crippen LogP contribution is 2.43. The minimum absolute atomic E-state index is 0.238. The summed E-state index contributed by atoms with van der Waals surface area (Å²) in [7, 11) is 0. The van der Waals surface area contributed by atoms with Gasteiger partial charge in [0.15, 0.2) is 11.5 Å². The zero-order valence-corrected chi connectivity index (χ0v) is 14.4. The molecule has 4 rings (SSSR count). The third-order valence-electron chi connectivity index (χ3n) is 4.89. The van der Waals surface area contributed by atoms with Crippen LogP contribution in [0.1, 0.15) is 43.5 Å². The van der Waals surface area contributed by atoms with E-state index in [0.717, 1.165) is 28.7 Å². The Morgan fingerprint density at radius 2 is 2.26 bits per heavy atom. The lowest BCUT2D eigenvalue weighted by Crippen LogP contribution is -2.26. The van der Waals surface area contributed by atoms with Gasteiger partial charge in [-0.2, -0.15) is 5.26 Å². The first-order valence-corrected chi connectivity index (χ1v) is 8.80. The number of aromatic nitrogens is 4. The maximum Gasteiger partial charge on any atom is 0.168 e. The molecule has 1 atom stereocenters. The molecule has 1 aliphatic carbocycles. The van der Waals surface area contributed by atoms with Gasteiger partial charge in [0.05, 0.1) is 17.9 Å². The Labute approximate surface area is 139 Å². The minimum atomic E-state index is 0.238. The number of hydrogen-bond donors (Lipinski definition) is 0. The van der Waals surface area contributed by atoms with E-state index in [-0.39, 0.29) is 6.42 Å². The molecule has 23 heavy (non-hydrogen) atoms. The molecule has 0 spiro atoms. The van der Waals surface area contributed by atoms with Gasteiger partial charge < -0.3 is 0 Å². The number of thiophene rings is 1. The van der Waals surface area contributed by atoms with Crippen molar-refractivity contribution in [3.8, 4) is 6.07 Å². The monoisotopic (exact) mass is 325 g/mol. The van der Waals surface area contributed by atoms with Gasteiger partial charge in [-0.3, -0.25) is 0 Å². The standard InChI is InChI=1S/C17H19N5S/c1-17(2,3)10-4-5-11-12(8-10)23-16-14(11)15-20-13(6-7-18)21-22(15)9-19-16/h9-10H,4-6,8H2,1-3H3/t10-/m1/s1. The van der Waals surface area contributed by atoms with Gasteiger partial charge >= 0.3 is 0 Å². The van der Waals surface area contributed by atoms with Crippen molar-refractivity contribution in [2.75, 3.05) is 0 Å². The van der Waals surface area contributed by atoms with Crippen LogP contribution in [0.15, 0.2) is 6.33 Å². The molecule has 3 aromatic heterocycles. The molecule has 118 valence electrons. The van der Waals surface area contributed by atoms with Crippen molar-refractivity contribution in [2.45, 2.75) is 46.5 Å². The Kier molecular flexibility index (Phi) is 3.17. The van der Waals surface area contributed by atoms with E-state index in [1.165, 1.54) is 16.9 Å². The lowest BCUT2D eigenvalue weighted by atomic mass is 9.72. The van der Waals surface area contributed by atoms with E-state index in [1.807, 2.05) is 0 Å². The Balaban J connectivity index is 1.87. The number of fused-ring (bicyclic) bond motifs is 5. The maximum absolute atomic E-state index is 8.86. The molecule has 3 heterocycles. The van der Waals surface area contributed by atoms with Crippen LogP contribution in [-0.2, 0) is 19.3 Å². The topological polar surface area (TPSA) is 66.9 Å². The normalized spacial score (nSPS) is 18.3. The first-order valence-electron chi connectivity index (χ1n) is 7.99. The van der Waals surface area contributed by atoms with Crippen LogP contribution in [0.5, 0.6) is 0 Å². The molecule has 0 amide bonds. The van der Waals surface area contributed by atoms with Crippen molar-refractivity contribution in [2.24, 2.45) is 11.3 Å². The highest BCUT2D eigenvalue weighted by Gasteiger charge is 2.31. The van der Waals surface area contributed by atoms with Crippen molar-refractivity contribution < 1.29 is 0 Å². The van der Waals surface area contributed by atoms with Crippen LogP contribution >= 0.6 is 11.3 Å². The molecule has 3 aromatic rings. The Bertz CT molecular complexity index is 938. The zero-order chi connectivity index (χ0) is 16.2. The largest absolute Gasteiger partial charge is 0.225 e. The summed E-state index contributed by atoms with van der Waals surface area (Å²) in [5.74, 6) is 1.29. The van der Waals surface area contributed by atoms with Crippen LogP contribution in [0.25, 0.3) is 15.9 Å². The minimum Gasteiger partial charge on any atom is -0.225 e. The highest BCUT2D eigenvalue weighted by atomic mass is 32.1. The Hall–Kier alpha value is -2.00. The fourth-order valence-corrected chi connectivity index (χ4v) is 4.77. The van der Waals surface area contributed by atoms with Gasteiger partial charge in [-0.05, 0) is 36.2 Å². The summed E-state index contributed by atoms with van der Waals surface area (Å²) in [5.41, 5.74) is 2.59. The van der Waals surface area contributed by atoms with E-state index >= 15 is 0 Å². The first-order chi connectivity index (χ1) is 11.0. The van der Waals surface area contributed by atoms with Gasteiger partial charge in [-0.1, -0.05) is 20.8 Å². The summed E-state index contributed by atoms with van der Waals surface area (Å²) in [5, 5.41) is 14.4.